The van der Waals surface area contributed by atoms with Crippen LogP contribution < -0.4 is 9.47 Å². The number of carbonyl (C=O) groups excluding carboxylic acids is 2. The highest BCUT2D eigenvalue weighted by Crippen LogP contribution is 2.25. The molecule has 0 aromatic heterocycles. The minimum Gasteiger partial charge on any atom is -0.497 e. The number of likely N-dealkylation sites (tertiary alicyclic amines) is 1. The highest BCUT2D eigenvalue weighted by atomic mass is 16.5. The maximum atomic E-state index is 12.4. The molecular weight excluding hydrogens is 310 g/mol. The van der Waals surface area contributed by atoms with Gasteiger partial charge in [-0.15, -0.1) is 0 Å². The predicted molar refractivity (Wildman–Crippen MR) is 89.4 cm³/mol. The Hall–Kier alpha value is -2.24. The van der Waals surface area contributed by atoms with Crippen LogP contribution in [0.1, 0.15) is 37.0 Å². The Bertz CT molecular complexity index is 593. The molecule has 2 rings (SSSR count). The van der Waals surface area contributed by atoms with Gasteiger partial charge in [0.25, 0.3) is 5.91 Å². The number of hydrogen-bond acceptors (Lipinski definition) is 5. The summed E-state index contributed by atoms with van der Waals surface area (Å²) in [7, 11) is 2.99. The largest absolute Gasteiger partial charge is 0.497 e. The van der Waals surface area contributed by atoms with Crippen LogP contribution in [0.4, 0.5) is 0 Å². The summed E-state index contributed by atoms with van der Waals surface area (Å²) < 4.78 is 15.7. The summed E-state index contributed by atoms with van der Waals surface area (Å²) in [5, 5.41) is 0. The van der Waals surface area contributed by atoms with Crippen LogP contribution in [0.3, 0.4) is 0 Å². The molecule has 1 aromatic carbocycles. The van der Waals surface area contributed by atoms with Gasteiger partial charge in [0.15, 0.2) is 6.10 Å². The molecule has 0 N–H and O–H groups in total. The Kier molecular flexibility index (Phi) is 6.06. The van der Waals surface area contributed by atoms with E-state index in [1.54, 1.807) is 30.0 Å². The fourth-order valence-electron chi connectivity index (χ4n) is 2.73. The molecule has 0 bridgehead atoms. The Morgan fingerprint density at radius 2 is 1.83 bits per heavy atom. The summed E-state index contributed by atoms with van der Waals surface area (Å²) in [5.74, 6) is 0.779. The zero-order valence-electron chi connectivity index (χ0n) is 14.7. The quantitative estimate of drug-likeness (QED) is 0.774. The van der Waals surface area contributed by atoms with Crippen molar-refractivity contribution in [1.82, 2.24) is 4.90 Å². The van der Waals surface area contributed by atoms with Crippen molar-refractivity contribution in [1.29, 1.82) is 0 Å². The van der Waals surface area contributed by atoms with Gasteiger partial charge in [0.1, 0.15) is 17.1 Å². The summed E-state index contributed by atoms with van der Waals surface area (Å²) in [4.78, 5) is 26.6. The van der Waals surface area contributed by atoms with Crippen molar-refractivity contribution in [3.8, 4) is 11.5 Å². The molecule has 1 aliphatic rings. The van der Waals surface area contributed by atoms with E-state index < -0.39 is 12.1 Å². The van der Waals surface area contributed by atoms with E-state index in [0.29, 0.717) is 30.5 Å². The Morgan fingerprint density at radius 3 is 2.42 bits per heavy atom. The van der Waals surface area contributed by atoms with Gasteiger partial charge in [-0.1, -0.05) is 6.92 Å². The molecule has 0 aliphatic carbocycles. The number of ether oxygens (including phenoxy) is 3. The maximum Gasteiger partial charge on any atom is 0.342 e. The second-order valence-electron chi connectivity index (χ2n) is 6.12. The molecule has 0 radical (unpaired) electrons. The zero-order valence-corrected chi connectivity index (χ0v) is 14.7. The Labute approximate surface area is 142 Å². The molecule has 1 heterocycles. The molecule has 1 aliphatic heterocycles. The standard InChI is InChI=1S/C18H25NO5/c1-12-7-9-19(10-8-12)17(20)13(2)24-18(21)15-11-14(22-3)5-6-16(15)23-4/h5-6,11-13H,7-10H2,1-4H3/t13-/m1/s1. The monoisotopic (exact) mass is 335 g/mol. The fraction of sp³-hybridized carbons (Fsp3) is 0.556. The molecule has 1 saturated heterocycles. The predicted octanol–water partition coefficient (Wildman–Crippen LogP) is 2.51. The third kappa shape index (κ3) is 4.19. The second-order valence-corrected chi connectivity index (χ2v) is 6.12. The summed E-state index contributed by atoms with van der Waals surface area (Å²) >= 11 is 0. The molecule has 132 valence electrons. The van der Waals surface area contributed by atoms with Gasteiger partial charge in [-0.05, 0) is 43.9 Å². The van der Waals surface area contributed by atoms with E-state index in [1.165, 1.54) is 14.2 Å². The van der Waals surface area contributed by atoms with Crippen LogP contribution in [-0.2, 0) is 9.53 Å². The summed E-state index contributed by atoms with van der Waals surface area (Å²) in [6.07, 6.45) is 1.13. The van der Waals surface area contributed by atoms with E-state index in [-0.39, 0.29) is 11.5 Å². The number of piperidine rings is 1. The average molecular weight is 335 g/mol. The van der Waals surface area contributed by atoms with E-state index in [0.717, 1.165) is 12.8 Å². The summed E-state index contributed by atoms with van der Waals surface area (Å²) in [6, 6.07) is 4.87. The molecule has 6 nitrogen and oxygen atoms in total. The lowest BCUT2D eigenvalue weighted by Crippen LogP contribution is -2.44. The number of rotatable bonds is 5. The minimum atomic E-state index is -0.832. The van der Waals surface area contributed by atoms with Crippen molar-refractivity contribution in [2.45, 2.75) is 32.8 Å². The number of amides is 1. The molecule has 24 heavy (non-hydrogen) atoms. The zero-order chi connectivity index (χ0) is 17.7. The van der Waals surface area contributed by atoms with Crippen LogP contribution in [0.25, 0.3) is 0 Å². The first-order valence-corrected chi connectivity index (χ1v) is 8.18. The lowest BCUT2D eigenvalue weighted by atomic mass is 9.99. The molecule has 0 spiro atoms. The third-order valence-electron chi connectivity index (χ3n) is 4.35. The number of benzene rings is 1. The normalized spacial score (nSPS) is 16.4. The molecule has 6 heteroatoms. The lowest BCUT2D eigenvalue weighted by Gasteiger charge is -2.31. The van der Waals surface area contributed by atoms with E-state index in [2.05, 4.69) is 6.92 Å². The minimum absolute atomic E-state index is 0.155. The first-order valence-electron chi connectivity index (χ1n) is 8.18. The maximum absolute atomic E-state index is 12.4. The molecule has 1 fully saturated rings. The van der Waals surface area contributed by atoms with E-state index in [1.807, 2.05) is 0 Å². The van der Waals surface area contributed by atoms with Crippen LogP contribution >= 0.6 is 0 Å². The Balaban J connectivity index is 2.04. The number of esters is 1. The van der Waals surface area contributed by atoms with Crippen LogP contribution in [-0.4, -0.2) is 50.2 Å². The molecule has 1 aromatic rings. The van der Waals surface area contributed by atoms with Crippen molar-refractivity contribution >= 4 is 11.9 Å². The smallest absolute Gasteiger partial charge is 0.342 e. The van der Waals surface area contributed by atoms with Crippen LogP contribution in [0.2, 0.25) is 0 Å². The highest BCUT2D eigenvalue weighted by molar-refractivity contribution is 5.95. The third-order valence-corrected chi connectivity index (χ3v) is 4.35. The van der Waals surface area contributed by atoms with Crippen LogP contribution in [0.15, 0.2) is 18.2 Å². The SMILES string of the molecule is COc1ccc(OC)c(C(=O)O[C@H](C)C(=O)N2CCC(C)CC2)c1. The topological polar surface area (TPSA) is 65.1 Å². The lowest BCUT2D eigenvalue weighted by molar-refractivity contribution is -0.141. The first kappa shape index (κ1) is 18.1. The highest BCUT2D eigenvalue weighted by Gasteiger charge is 2.28. The van der Waals surface area contributed by atoms with Gasteiger partial charge < -0.3 is 19.1 Å². The number of nitrogens with zero attached hydrogens (tertiary/aromatic N) is 1. The molecule has 1 amide bonds. The van der Waals surface area contributed by atoms with Crippen molar-refractivity contribution in [2.75, 3.05) is 27.3 Å². The van der Waals surface area contributed by atoms with Gasteiger partial charge >= 0.3 is 5.97 Å². The van der Waals surface area contributed by atoms with Gasteiger partial charge in [-0.3, -0.25) is 4.79 Å². The van der Waals surface area contributed by atoms with E-state index in [9.17, 15) is 9.59 Å². The van der Waals surface area contributed by atoms with Gasteiger partial charge in [0, 0.05) is 13.1 Å². The van der Waals surface area contributed by atoms with Crippen molar-refractivity contribution in [2.24, 2.45) is 5.92 Å². The molecule has 0 saturated carbocycles. The molecular formula is C18H25NO5. The van der Waals surface area contributed by atoms with Crippen molar-refractivity contribution in [3.05, 3.63) is 23.8 Å². The van der Waals surface area contributed by atoms with E-state index in [4.69, 9.17) is 14.2 Å². The van der Waals surface area contributed by atoms with Crippen molar-refractivity contribution in [3.63, 3.8) is 0 Å². The van der Waals surface area contributed by atoms with Crippen LogP contribution in [0.5, 0.6) is 11.5 Å². The number of carbonyl (C=O) groups is 2. The van der Waals surface area contributed by atoms with Gasteiger partial charge in [-0.2, -0.15) is 0 Å². The summed E-state index contributed by atoms with van der Waals surface area (Å²) in [6.45, 7) is 5.21. The van der Waals surface area contributed by atoms with Gasteiger partial charge in [-0.25, -0.2) is 4.79 Å². The van der Waals surface area contributed by atoms with Crippen LogP contribution in [0, 0.1) is 5.92 Å². The summed E-state index contributed by atoms with van der Waals surface area (Å²) in [5.41, 5.74) is 0.240. The number of hydrogen-bond donors (Lipinski definition) is 0. The molecule has 1 atom stereocenters. The van der Waals surface area contributed by atoms with Crippen molar-refractivity contribution < 1.29 is 23.8 Å². The Morgan fingerprint density at radius 1 is 1.17 bits per heavy atom. The molecule has 0 unspecified atom stereocenters. The van der Waals surface area contributed by atoms with E-state index >= 15 is 0 Å². The van der Waals surface area contributed by atoms with Gasteiger partial charge in [0.05, 0.1) is 14.2 Å². The van der Waals surface area contributed by atoms with Gasteiger partial charge in [0.2, 0.25) is 0 Å². The fourth-order valence-corrected chi connectivity index (χ4v) is 2.73. The second kappa shape index (κ2) is 8.04. The average Bonchev–Trinajstić information content (AvgIpc) is 2.60. The first-order chi connectivity index (χ1) is 11.5. The number of methoxy groups -OCH3 is 2.